The fourth-order valence-corrected chi connectivity index (χ4v) is 2.08. The second-order valence-electron chi connectivity index (χ2n) is 4.07. The molecule has 0 aliphatic rings. The van der Waals surface area contributed by atoms with E-state index in [0.29, 0.717) is 4.47 Å². The molecule has 2 rings (SSSR count). The Bertz CT molecular complexity index is 669. The smallest absolute Gasteiger partial charge is 0.387 e. The lowest BCUT2D eigenvalue weighted by Gasteiger charge is -2.05. The number of hydrogen-bond donors (Lipinski definition) is 0. The van der Waals surface area contributed by atoms with E-state index in [1.807, 2.05) is 0 Å². The van der Waals surface area contributed by atoms with Crippen molar-refractivity contribution in [2.45, 2.75) is 6.61 Å². The zero-order valence-corrected chi connectivity index (χ0v) is 12.1. The molecule has 108 valence electrons. The summed E-state index contributed by atoms with van der Waals surface area (Å²) in [6, 6.07) is 11.4. The van der Waals surface area contributed by atoms with Crippen molar-refractivity contribution in [3.8, 4) is 5.75 Å². The van der Waals surface area contributed by atoms with Crippen LogP contribution in [0.4, 0.5) is 8.78 Å². The normalized spacial score (nSPS) is 10.5. The van der Waals surface area contributed by atoms with E-state index in [2.05, 4.69) is 20.7 Å². The van der Waals surface area contributed by atoms with Crippen molar-refractivity contribution in [3.05, 3.63) is 64.1 Å². The largest absolute Gasteiger partial charge is 0.435 e. The van der Waals surface area contributed by atoms with Gasteiger partial charge >= 0.3 is 6.61 Å². The highest BCUT2D eigenvalue weighted by atomic mass is 79.9. The van der Waals surface area contributed by atoms with Crippen LogP contribution in [0.2, 0.25) is 0 Å². The molecule has 21 heavy (non-hydrogen) atoms. The van der Waals surface area contributed by atoms with Gasteiger partial charge in [0.25, 0.3) is 0 Å². The number of carbonyl (C=O) groups excluding carboxylic acids is 2. The monoisotopic (exact) mass is 354 g/mol. The van der Waals surface area contributed by atoms with Gasteiger partial charge in [0, 0.05) is 15.6 Å². The summed E-state index contributed by atoms with van der Waals surface area (Å²) in [6.45, 7) is -2.94. The molecule has 0 saturated heterocycles. The van der Waals surface area contributed by atoms with Crippen molar-refractivity contribution >= 4 is 27.5 Å². The molecule has 0 bridgehead atoms. The van der Waals surface area contributed by atoms with Crippen molar-refractivity contribution in [2.24, 2.45) is 0 Å². The Morgan fingerprint density at radius 3 is 2.14 bits per heavy atom. The first-order chi connectivity index (χ1) is 9.97. The van der Waals surface area contributed by atoms with Crippen LogP contribution >= 0.6 is 15.9 Å². The van der Waals surface area contributed by atoms with Crippen LogP contribution in [-0.4, -0.2) is 18.2 Å². The van der Waals surface area contributed by atoms with Gasteiger partial charge in [-0.1, -0.05) is 28.1 Å². The zero-order chi connectivity index (χ0) is 15.4. The predicted octanol–water partition coefficient (Wildman–Crippen LogP) is 4.12. The lowest BCUT2D eigenvalue weighted by Crippen LogP contribution is -2.14. The molecule has 0 heterocycles. The van der Waals surface area contributed by atoms with Crippen LogP contribution in [0.5, 0.6) is 5.75 Å². The average molecular weight is 355 g/mol. The Morgan fingerprint density at radius 2 is 1.57 bits per heavy atom. The summed E-state index contributed by atoms with van der Waals surface area (Å²) in [5.74, 6) is -1.45. The molecule has 0 radical (unpaired) electrons. The number of ether oxygens (including phenoxy) is 1. The van der Waals surface area contributed by atoms with E-state index in [1.54, 1.807) is 12.1 Å². The molecule has 2 aromatic carbocycles. The third kappa shape index (κ3) is 3.95. The maximum atomic E-state index is 12.0. The molecule has 0 fully saturated rings. The average Bonchev–Trinajstić information content (AvgIpc) is 2.46. The standard InChI is InChI=1S/C15H9BrF2O3/c16-11-3-1-2-10(8-11)14(20)13(19)9-4-6-12(7-5-9)21-15(17)18/h1-8,15H. The Kier molecular flexibility index (Phi) is 4.80. The molecule has 3 nitrogen and oxygen atoms in total. The molecule has 0 spiro atoms. The minimum absolute atomic E-state index is 0.0727. The van der Waals surface area contributed by atoms with Gasteiger partial charge in [0.05, 0.1) is 0 Å². The van der Waals surface area contributed by atoms with E-state index in [4.69, 9.17) is 0 Å². The molecular formula is C15H9BrF2O3. The fourth-order valence-electron chi connectivity index (χ4n) is 1.68. The van der Waals surface area contributed by atoms with Gasteiger partial charge in [-0.15, -0.1) is 0 Å². The van der Waals surface area contributed by atoms with E-state index in [-0.39, 0.29) is 16.9 Å². The number of alkyl halides is 2. The third-order valence-corrected chi connectivity index (χ3v) is 3.13. The Hall–Kier alpha value is -2.08. The topological polar surface area (TPSA) is 43.4 Å². The molecule has 0 aliphatic carbocycles. The summed E-state index contributed by atoms with van der Waals surface area (Å²) in [7, 11) is 0. The maximum Gasteiger partial charge on any atom is 0.387 e. The van der Waals surface area contributed by atoms with E-state index < -0.39 is 18.2 Å². The van der Waals surface area contributed by atoms with Crippen LogP contribution in [0.1, 0.15) is 20.7 Å². The summed E-state index contributed by atoms with van der Waals surface area (Å²) in [5.41, 5.74) is 0.365. The van der Waals surface area contributed by atoms with E-state index in [9.17, 15) is 18.4 Å². The molecule has 0 N–H and O–H groups in total. The highest BCUT2D eigenvalue weighted by molar-refractivity contribution is 9.10. The minimum Gasteiger partial charge on any atom is -0.435 e. The van der Waals surface area contributed by atoms with Crippen molar-refractivity contribution in [1.82, 2.24) is 0 Å². The second-order valence-corrected chi connectivity index (χ2v) is 4.99. The van der Waals surface area contributed by atoms with Gasteiger partial charge in [-0.2, -0.15) is 8.78 Å². The van der Waals surface area contributed by atoms with E-state index in [0.717, 1.165) is 0 Å². The van der Waals surface area contributed by atoms with Crippen molar-refractivity contribution in [1.29, 1.82) is 0 Å². The van der Waals surface area contributed by atoms with Crippen molar-refractivity contribution < 1.29 is 23.1 Å². The van der Waals surface area contributed by atoms with Crippen LogP contribution in [0.15, 0.2) is 53.0 Å². The molecule has 2 aromatic rings. The lowest BCUT2D eigenvalue weighted by atomic mass is 10.0. The fraction of sp³-hybridized carbons (Fsp3) is 0.0667. The summed E-state index contributed by atoms with van der Waals surface area (Å²) >= 11 is 3.22. The van der Waals surface area contributed by atoms with Crippen molar-refractivity contribution in [3.63, 3.8) is 0 Å². The number of carbonyl (C=O) groups is 2. The Morgan fingerprint density at radius 1 is 0.952 bits per heavy atom. The van der Waals surface area contributed by atoms with E-state index >= 15 is 0 Å². The first-order valence-corrected chi connectivity index (χ1v) is 6.66. The summed E-state index contributed by atoms with van der Waals surface area (Å²) in [6.07, 6.45) is 0. The Balaban J connectivity index is 2.18. The predicted molar refractivity (Wildman–Crippen MR) is 75.9 cm³/mol. The molecule has 0 unspecified atom stereocenters. The van der Waals surface area contributed by atoms with Crippen LogP contribution in [0.3, 0.4) is 0 Å². The number of rotatable bonds is 5. The van der Waals surface area contributed by atoms with Gasteiger partial charge in [-0.05, 0) is 36.4 Å². The molecule has 0 saturated carbocycles. The number of halogens is 3. The SMILES string of the molecule is O=C(C(=O)c1cccc(Br)c1)c1ccc(OC(F)F)cc1. The van der Waals surface area contributed by atoms with Crippen LogP contribution < -0.4 is 4.74 Å². The molecule has 0 atom stereocenters. The molecular weight excluding hydrogens is 346 g/mol. The Labute approximate surface area is 127 Å². The highest BCUT2D eigenvalue weighted by Crippen LogP contribution is 2.17. The number of Topliss-reactive ketones (excluding diaryl/α,β-unsaturated/α-hetero) is 2. The van der Waals surface area contributed by atoms with Gasteiger partial charge in [0.2, 0.25) is 11.6 Å². The van der Waals surface area contributed by atoms with Gasteiger partial charge in [0.1, 0.15) is 5.75 Å². The maximum absolute atomic E-state index is 12.0. The van der Waals surface area contributed by atoms with Gasteiger partial charge in [0.15, 0.2) is 0 Å². The van der Waals surface area contributed by atoms with Gasteiger partial charge < -0.3 is 4.74 Å². The first-order valence-electron chi connectivity index (χ1n) is 5.87. The lowest BCUT2D eigenvalue weighted by molar-refractivity contribution is -0.0498. The van der Waals surface area contributed by atoms with E-state index in [1.165, 1.54) is 36.4 Å². The van der Waals surface area contributed by atoms with Gasteiger partial charge in [-0.3, -0.25) is 9.59 Å². The zero-order valence-electron chi connectivity index (χ0n) is 10.6. The summed E-state index contributed by atoms with van der Waals surface area (Å²) < 4.78 is 28.9. The van der Waals surface area contributed by atoms with Crippen LogP contribution in [-0.2, 0) is 0 Å². The quantitative estimate of drug-likeness (QED) is 0.599. The second kappa shape index (κ2) is 6.58. The summed E-state index contributed by atoms with van der Waals surface area (Å²) in [4.78, 5) is 24.1. The van der Waals surface area contributed by atoms with Gasteiger partial charge in [-0.25, -0.2) is 0 Å². The molecule has 6 heteroatoms. The molecule has 0 amide bonds. The summed E-state index contributed by atoms with van der Waals surface area (Å²) in [5, 5.41) is 0. The van der Waals surface area contributed by atoms with Crippen LogP contribution in [0, 0.1) is 0 Å². The number of benzene rings is 2. The third-order valence-electron chi connectivity index (χ3n) is 2.63. The van der Waals surface area contributed by atoms with Crippen LogP contribution in [0.25, 0.3) is 0 Å². The first kappa shape index (κ1) is 15.3. The minimum atomic E-state index is -2.94. The number of ketones is 2. The number of hydrogen-bond acceptors (Lipinski definition) is 3. The highest BCUT2D eigenvalue weighted by Gasteiger charge is 2.18. The molecule has 0 aliphatic heterocycles. The van der Waals surface area contributed by atoms with Crippen molar-refractivity contribution in [2.75, 3.05) is 0 Å². The molecule has 0 aromatic heterocycles.